The van der Waals surface area contributed by atoms with Crippen LogP contribution in [0.2, 0.25) is 0 Å². The molecular weight excluding hydrogens is 292 g/mol. The Morgan fingerprint density at radius 2 is 2.30 bits per heavy atom. The van der Waals surface area contributed by atoms with Gasteiger partial charge in [-0.05, 0) is 25.0 Å². The zero-order valence-electron chi connectivity index (χ0n) is 13.0. The highest BCUT2D eigenvalue weighted by Gasteiger charge is 2.45. The van der Waals surface area contributed by atoms with Crippen molar-refractivity contribution in [3.05, 3.63) is 48.8 Å². The maximum Gasteiger partial charge on any atom is 0.272 e. The first-order valence-electron chi connectivity index (χ1n) is 8.07. The lowest BCUT2D eigenvalue weighted by Gasteiger charge is -2.39. The fraction of sp³-hybridized carbons (Fsp3) is 0.471. The van der Waals surface area contributed by atoms with Crippen LogP contribution in [0.3, 0.4) is 0 Å². The van der Waals surface area contributed by atoms with E-state index in [1.165, 1.54) is 0 Å². The van der Waals surface area contributed by atoms with E-state index in [9.17, 15) is 4.79 Å². The second-order valence-electron chi connectivity index (χ2n) is 6.41. The van der Waals surface area contributed by atoms with Crippen LogP contribution < -0.4 is 0 Å². The molecule has 6 heteroatoms. The van der Waals surface area contributed by atoms with Crippen molar-refractivity contribution >= 4 is 5.91 Å². The molecule has 6 nitrogen and oxygen atoms in total. The Bertz CT molecular complexity index is 673. The van der Waals surface area contributed by atoms with Gasteiger partial charge < -0.3 is 14.2 Å². The standard InChI is InChI=1S/C17H20N4O2/c22-16(15-4-1-2-6-19-15)20-8-3-5-17(12-20)10-14(11-23-17)21-9-7-18-13-21/h1-2,4,6-7,9,13-14H,3,5,8,10-12H2/t14-,17+/m1/s1. The topological polar surface area (TPSA) is 60.2 Å². The minimum atomic E-state index is -0.225. The number of hydrogen-bond donors (Lipinski definition) is 0. The summed E-state index contributed by atoms with van der Waals surface area (Å²) in [4.78, 5) is 22.8. The largest absolute Gasteiger partial charge is 0.371 e. The summed E-state index contributed by atoms with van der Waals surface area (Å²) in [6.45, 7) is 2.10. The maximum absolute atomic E-state index is 12.6. The number of rotatable bonds is 2. The van der Waals surface area contributed by atoms with Crippen LogP contribution in [0.4, 0.5) is 0 Å². The molecule has 0 saturated carbocycles. The molecule has 2 aromatic heterocycles. The second-order valence-corrected chi connectivity index (χ2v) is 6.41. The van der Waals surface area contributed by atoms with Crippen molar-refractivity contribution in [3.8, 4) is 0 Å². The van der Waals surface area contributed by atoms with Crippen molar-refractivity contribution in [2.24, 2.45) is 0 Å². The van der Waals surface area contributed by atoms with E-state index < -0.39 is 0 Å². The normalized spacial score (nSPS) is 27.5. The number of imidazole rings is 1. The van der Waals surface area contributed by atoms with Gasteiger partial charge in [0.2, 0.25) is 0 Å². The Kier molecular flexibility index (Phi) is 3.61. The lowest BCUT2D eigenvalue weighted by atomic mass is 9.88. The monoisotopic (exact) mass is 312 g/mol. The van der Waals surface area contributed by atoms with E-state index in [4.69, 9.17) is 4.74 Å². The van der Waals surface area contributed by atoms with Gasteiger partial charge in [-0.3, -0.25) is 9.78 Å². The Hall–Kier alpha value is -2.21. The van der Waals surface area contributed by atoms with Crippen LogP contribution in [-0.2, 0) is 4.74 Å². The fourth-order valence-corrected chi connectivity index (χ4v) is 3.70. The van der Waals surface area contributed by atoms with Gasteiger partial charge in [-0.25, -0.2) is 4.98 Å². The van der Waals surface area contributed by atoms with Crippen molar-refractivity contribution in [1.82, 2.24) is 19.4 Å². The smallest absolute Gasteiger partial charge is 0.272 e. The lowest BCUT2D eigenvalue weighted by Crippen LogP contribution is -2.50. The van der Waals surface area contributed by atoms with Gasteiger partial charge in [0.1, 0.15) is 5.69 Å². The molecule has 1 amide bonds. The van der Waals surface area contributed by atoms with E-state index in [-0.39, 0.29) is 11.5 Å². The van der Waals surface area contributed by atoms with Crippen LogP contribution in [-0.4, -0.2) is 50.6 Å². The van der Waals surface area contributed by atoms with E-state index in [0.717, 1.165) is 25.8 Å². The van der Waals surface area contributed by atoms with Gasteiger partial charge in [0, 0.05) is 31.6 Å². The number of likely N-dealkylation sites (tertiary alicyclic amines) is 1. The van der Waals surface area contributed by atoms with E-state index in [1.54, 1.807) is 18.5 Å². The number of carbonyl (C=O) groups is 1. The second kappa shape index (κ2) is 5.77. The summed E-state index contributed by atoms with van der Waals surface area (Å²) in [6, 6.07) is 5.75. The van der Waals surface area contributed by atoms with Crippen LogP contribution >= 0.6 is 0 Å². The molecule has 2 aliphatic rings. The Morgan fingerprint density at radius 1 is 1.35 bits per heavy atom. The predicted octanol–water partition coefficient (Wildman–Crippen LogP) is 1.91. The van der Waals surface area contributed by atoms with E-state index in [2.05, 4.69) is 14.5 Å². The van der Waals surface area contributed by atoms with Crippen molar-refractivity contribution in [2.45, 2.75) is 30.9 Å². The number of hydrogen-bond acceptors (Lipinski definition) is 4. The van der Waals surface area contributed by atoms with Gasteiger partial charge in [0.05, 0.1) is 31.1 Å². The number of ether oxygens (including phenoxy) is 1. The van der Waals surface area contributed by atoms with Gasteiger partial charge in [-0.2, -0.15) is 0 Å². The number of pyridine rings is 1. The quantitative estimate of drug-likeness (QED) is 0.850. The SMILES string of the molecule is O=C(c1ccccn1)N1CCC[C@]2(C[C@@H](n3ccnc3)CO2)C1. The van der Waals surface area contributed by atoms with Gasteiger partial charge in [0.25, 0.3) is 5.91 Å². The summed E-state index contributed by atoms with van der Waals surface area (Å²) < 4.78 is 8.28. The maximum atomic E-state index is 12.6. The van der Waals surface area contributed by atoms with Crippen molar-refractivity contribution in [3.63, 3.8) is 0 Å². The average Bonchev–Trinajstić information content (AvgIpc) is 3.25. The first-order valence-corrected chi connectivity index (χ1v) is 8.07. The third-order valence-electron chi connectivity index (χ3n) is 4.85. The summed E-state index contributed by atoms with van der Waals surface area (Å²) in [7, 11) is 0. The highest BCUT2D eigenvalue weighted by atomic mass is 16.5. The number of amides is 1. The molecule has 0 bridgehead atoms. The van der Waals surface area contributed by atoms with Gasteiger partial charge >= 0.3 is 0 Å². The molecule has 23 heavy (non-hydrogen) atoms. The predicted molar refractivity (Wildman–Crippen MR) is 83.9 cm³/mol. The number of nitrogens with zero attached hydrogens (tertiary/aromatic N) is 4. The lowest BCUT2D eigenvalue weighted by molar-refractivity contribution is -0.0450. The minimum Gasteiger partial charge on any atom is -0.371 e. The molecule has 2 aliphatic heterocycles. The number of aromatic nitrogens is 3. The van der Waals surface area contributed by atoms with Crippen LogP contribution in [0.15, 0.2) is 43.1 Å². The highest BCUT2D eigenvalue weighted by molar-refractivity contribution is 5.92. The molecule has 0 radical (unpaired) electrons. The Balaban J connectivity index is 1.48. The molecule has 120 valence electrons. The molecule has 0 unspecified atom stereocenters. The number of carbonyl (C=O) groups excluding carboxylic acids is 1. The summed E-state index contributed by atoms with van der Waals surface area (Å²) >= 11 is 0. The molecule has 2 aromatic rings. The molecule has 2 fully saturated rings. The summed E-state index contributed by atoms with van der Waals surface area (Å²) in [5, 5.41) is 0. The molecule has 0 aromatic carbocycles. The Labute approximate surface area is 135 Å². The molecule has 2 saturated heterocycles. The first-order chi connectivity index (χ1) is 11.3. The summed E-state index contributed by atoms with van der Waals surface area (Å²) in [5.74, 6) is -0.000596. The van der Waals surface area contributed by atoms with E-state index in [1.807, 2.05) is 29.6 Å². The molecular formula is C17H20N4O2. The van der Waals surface area contributed by atoms with Crippen molar-refractivity contribution in [1.29, 1.82) is 0 Å². The minimum absolute atomic E-state index is 0.000596. The molecule has 0 N–H and O–H groups in total. The molecule has 1 spiro atoms. The molecule has 2 atom stereocenters. The highest BCUT2D eigenvalue weighted by Crippen LogP contribution is 2.39. The zero-order valence-corrected chi connectivity index (χ0v) is 13.0. The summed E-state index contributed by atoms with van der Waals surface area (Å²) in [5.41, 5.74) is 0.283. The molecule has 0 aliphatic carbocycles. The van der Waals surface area contributed by atoms with E-state index in [0.29, 0.717) is 24.9 Å². The van der Waals surface area contributed by atoms with Gasteiger partial charge in [-0.15, -0.1) is 0 Å². The van der Waals surface area contributed by atoms with Crippen molar-refractivity contribution < 1.29 is 9.53 Å². The van der Waals surface area contributed by atoms with Gasteiger partial charge in [-0.1, -0.05) is 6.07 Å². The van der Waals surface area contributed by atoms with Crippen molar-refractivity contribution in [2.75, 3.05) is 19.7 Å². The first kappa shape index (κ1) is 14.4. The third kappa shape index (κ3) is 2.74. The zero-order chi connectivity index (χ0) is 15.7. The number of piperidine rings is 1. The summed E-state index contributed by atoms with van der Waals surface area (Å²) in [6.07, 6.45) is 10.2. The van der Waals surface area contributed by atoms with Gasteiger partial charge in [0.15, 0.2) is 0 Å². The fourth-order valence-electron chi connectivity index (χ4n) is 3.70. The van der Waals surface area contributed by atoms with Crippen LogP contribution in [0, 0.1) is 0 Å². The molecule has 4 heterocycles. The van der Waals surface area contributed by atoms with Crippen LogP contribution in [0.5, 0.6) is 0 Å². The van der Waals surface area contributed by atoms with Crippen LogP contribution in [0.1, 0.15) is 35.8 Å². The third-order valence-corrected chi connectivity index (χ3v) is 4.85. The van der Waals surface area contributed by atoms with Crippen LogP contribution in [0.25, 0.3) is 0 Å². The Morgan fingerprint density at radius 3 is 3.09 bits per heavy atom. The van der Waals surface area contributed by atoms with E-state index >= 15 is 0 Å². The molecule has 4 rings (SSSR count). The average molecular weight is 312 g/mol.